The number of primary amides is 1. The van der Waals surface area contributed by atoms with Crippen LogP contribution in [0.2, 0.25) is 0 Å². The molecule has 0 radical (unpaired) electrons. The first-order chi connectivity index (χ1) is 10.1. The minimum absolute atomic E-state index is 0.358. The molecule has 1 aromatic heterocycles. The van der Waals surface area contributed by atoms with E-state index in [1.807, 2.05) is 30.3 Å². The molecule has 1 unspecified atom stereocenters. The predicted molar refractivity (Wildman–Crippen MR) is 79.0 cm³/mol. The van der Waals surface area contributed by atoms with E-state index in [-0.39, 0.29) is 0 Å². The smallest absolute Gasteiger partial charge is 0.244 e. The fraction of sp³-hybridized carbons (Fsp3) is 0.125. The van der Waals surface area contributed by atoms with E-state index in [1.54, 1.807) is 12.1 Å². The Morgan fingerprint density at radius 2 is 1.95 bits per heavy atom. The summed E-state index contributed by atoms with van der Waals surface area (Å²) >= 11 is 0. The van der Waals surface area contributed by atoms with Crippen LogP contribution in [0.25, 0.3) is 6.08 Å². The maximum Gasteiger partial charge on any atom is 0.244 e. The van der Waals surface area contributed by atoms with Gasteiger partial charge in [-0.15, -0.1) is 0 Å². The maximum atomic E-state index is 11.8. The van der Waals surface area contributed by atoms with Gasteiger partial charge in [-0.2, -0.15) is 0 Å². The topological polar surface area (TPSA) is 85.3 Å². The molecule has 0 aliphatic rings. The van der Waals surface area contributed by atoms with Gasteiger partial charge in [-0.25, -0.2) is 0 Å². The van der Waals surface area contributed by atoms with Crippen LogP contribution >= 0.6 is 0 Å². The molecular formula is C16H16N2O3. The molecule has 1 heterocycles. The highest BCUT2D eigenvalue weighted by molar-refractivity contribution is 5.95. The Labute approximate surface area is 122 Å². The van der Waals surface area contributed by atoms with Gasteiger partial charge in [-0.05, 0) is 23.8 Å². The molecule has 108 valence electrons. The van der Waals surface area contributed by atoms with Gasteiger partial charge in [0.25, 0.3) is 0 Å². The van der Waals surface area contributed by atoms with Crippen molar-refractivity contribution in [2.45, 2.75) is 12.5 Å². The Morgan fingerprint density at radius 1 is 1.19 bits per heavy atom. The first-order valence-electron chi connectivity index (χ1n) is 6.50. The average molecular weight is 284 g/mol. The molecule has 3 N–H and O–H groups in total. The van der Waals surface area contributed by atoms with E-state index in [0.29, 0.717) is 12.2 Å². The van der Waals surface area contributed by atoms with Gasteiger partial charge in [0.05, 0.1) is 6.26 Å². The van der Waals surface area contributed by atoms with Crippen molar-refractivity contribution in [2.75, 3.05) is 0 Å². The SMILES string of the molecule is NC(=O)C(Cc1ccccc1)NC(=O)C=Cc1ccco1. The van der Waals surface area contributed by atoms with E-state index >= 15 is 0 Å². The van der Waals surface area contributed by atoms with Gasteiger partial charge in [0.15, 0.2) is 0 Å². The summed E-state index contributed by atoms with van der Waals surface area (Å²) in [6.45, 7) is 0. The number of nitrogens with one attached hydrogen (secondary N) is 1. The van der Waals surface area contributed by atoms with Crippen LogP contribution in [0.4, 0.5) is 0 Å². The number of hydrogen-bond donors (Lipinski definition) is 2. The van der Waals surface area contributed by atoms with E-state index < -0.39 is 17.9 Å². The highest BCUT2D eigenvalue weighted by Gasteiger charge is 2.17. The first kappa shape index (κ1) is 14.6. The van der Waals surface area contributed by atoms with E-state index in [9.17, 15) is 9.59 Å². The zero-order chi connectivity index (χ0) is 15.1. The van der Waals surface area contributed by atoms with Gasteiger partial charge in [0, 0.05) is 12.5 Å². The fourth-order valence-corrected chi connectivity index (χ4v) is 1.84. The van der Waals surface area contributed by atoms with Crippen molar-refractivity contribution in [3.63, 3.8) is 0 Å². The normalized spacial score (nSPS) is 12.2. The Balaban J connectivity index is 1.96. The summed E-state index contributed by atoms with van der Waals surface area (Å²) < 4.78 is 5.07. The van der Waals surface area contributed by atoms with E-state index in [4.69, 9.17) is 10.2 Å². The Hall–Kier alpha value is -2.82. The lowest BCUT2D eigenvalue weighted by Gasteiger charge is -2.14. The molecule has 0 spiro atoms. The molecule has 2 rings (SSSR count). The van der Waals surface area contributed by atoms with Crippen molar-refractivity contribution in [2.24, 2.45) is 5.73 Å². The molecule has 0 bridgehead atoms. The second-order valence-corrected chi connectivity index (χ2v) is 4.50. The van der Waals surface area contributed by atoms with Gasteiger partial charge in [0.2, 0.25) is 11.8 Å². The predicted octanol–water partition coefficient (Wildman–Crippen LogP) is 1.51. The quantitative estimate of drug-likeness (QED) is 0.788. The van der Waals surface area contributed by atoms with Crippen LogP contribution in [-0.4, -0.2) is 17.9 Å². The highest BCUT2D eigenvalue weighted by Crippen LogP contribution is 2.04. The largest absolute Gasteiger partial charge is 0.465 e. The summed E-state index contributed by atoms with van der Waals surface area (Å²) in [6.07, 6.45) is 4.70. The molecule has 0 saturated heterocycles. The fourth-order valence-electron chi connectivity index (χ4n) is 1.84. The van der Waals surface area contributed by atoms with Gasteiger partial charge in [-0.1, -0.05) is 30.3 Å². The lowest BCUT2D eigenvalue weighted by molar-refractivity contribution is -0.124. The average Bonchev–Trinajstić information content (AvgIpc) is 2.99. The molecule has 5 heteroatoms. The van der Waals surface area contributed by atoms with Crippen LogP contribution in [0.1, 0.15) is 11.3 Å². The van der Waals surface area contributed by atoms with Crippen LogP contribution < -0.4 is 11.1 Å². The number of rotatable bonds is 6. The van der Waals surface area contributed by atoms with E-state index in [2.05, 4.69) is 5.32 Å². The lowest BCUT2D eigenvalue weighted by Crippen LogP contribution is -2.45. The number of nitrogens with two attached hydrogens (primary N) is 1. The van der Waals surface area contributed by atoms with Gasteiger partial charge < -0.3 is 15.5 Å². The standard InChI is InChI=1S/C16H16N2O3/c17-16(20)14(11-12-5-2-1-3-6-12)18-15(19)9-8-13-7-4-10-21-13/h1-10,14H,11H2,(H2,17,20)(H,18,19). The third-order valence-corrected chi connectivity index (χ3v) is 2.88. The molecule has 1 aromatic carbocycles. The molecule has 2 aromatic rings. The molecule has 0 aliphatic heterocycles. The van der Waals surface area contributed by atoms with Crippen molar-refractivity contribution in [3.05, 3.63) is 66.1 Å². The number of furan rings is 1. The summed E-state index contributed by atoms with van der Waals surface area (Å²) in [6, 6.07) is 12.1. The van der Waals surface area contributed by atoms with Crippen molar-refractivity contribution >= 4 is 17.9 Å². The second kappa shape index (κ2) is 7.09. The summed E-state index contributed by atoms with van der Waals surface area (Å²) in [5.41, 5.74) is 6.25. The molecular weight excluding hydrogens is 268 g/mol. The molecule has 2 amide bonds. The Morgan fingerprint density at radius 3 is 2.57 bits per heavy atom. The van der Waals surface area contributed by atoms with Crippen LogP contribution in [0.15, 0.2) is 59.2 Å². The molecule has 1 atom stereocenters. The minimum atomic E-state index is -0.749. The Kier molecular flexibility index (Phi) is 4.93. The maximum absolute atomic E-state index is 11.8. The zero-order valence-corrected chi connectivity index (χ0v) is 11.4. The number of amides is 2. The van der Waals surface area contributed by atoms with E-state index in [0.717, 1.165) is 5.56 Å². The molecule has 5 nitrogen and oxygen atoms in total. The first-order valence-corrected chi connectivity index (χ1v) is 6.50. The molecule has 0 saturated carbocycles. The monoisotopic (exact) mass is 284 g/mol. The summed E-state index contributed by atoms with van der Waals surface area (Å²) in [5.74, 6) is -0.409. The number of carbonyl (C=O) groups is 2. The summed E-state index contributed by atoms with van der Waals surface area (Å²) in [5, 5.41) is 2.59. The van der Waals surface area contributed by atoms with Crippen LogP contribution in [0.5, 0.6) is 0 Å². The molecule has 0 aliphatic carbocycles. The Bertz CT molecular complexity index is 618. The van der Waals surface area contributed by atoms with E-state index in [1.165, 1.54) is 18.4 Å². The molecule has 21 heavy (non-hydrogen) atoms. The van der Waals surface area contributed by atoms with Crippen molar-refractivity contribution in [1.82, 2.24) is 5.32 Å². The van der Waals surface area contributed by atoms with Crippen LogP contribution in [-0.2, 0) is 16.0 Å². The summed E-state index contributed by atoms with van der Waals surface area (Å²) in [4.78, 5) is 23.2. The van der Waals surface area contributed by atoms with Crippen LogP contribution in [0, 0.1) is 0 Å². The third kappa shape index (κ3) is 4.65. The van der Waals surface area contributed by atoms with Gasteiger partial charge in [0.1, 0.15) is 11.8 Å². The van der Waals surface area contributed by atoms with Crippen LogP contribution in [0.3, 0.4) is 0 Å². The van der Waals surface area contributed by atoms with Gasteiger partial charge in [-0.3, -0.25) is 9.59 Å². The van der Waals surface area contributed by atoms with Crippen molar-refractivity contribution < 1.29 is 14.0 Å². The number of carbonyl (C=O) groups excluding carboxylic acids is 2. The minimum Gasteiger partial charge on any atom is -0.465 e. The summed E-state index contributed by atoms with van der Waals surface area (Å²) in [7, 11) is 0. The third-order valence-electron chi connectivity index (χ3n) is 2.88. The molecule has 0 fully saturated rings. The van der Waals surface area contributed by atoms with Crippen molar-refractivity contribution in [3.8, 4) is 0 Å². The second-order valence-electron chi connectivity index (χ2n) is 4.50. The number of hydrogen-bond acceptors (Lipinski definition) is 3. The highest BCUT2D eigenvalue weighted by atomic mass is 16.3. The van der Waals surface area contributed by atoms with Gasteiger partial charge >= 0.3 is 0 Å². The lowest BCUT2D eigenvalue weighted by atomic mass is 10.1. The number of benzene rings is 1. The van der Waals surface area contributed by atoms with Crippen molar-refractivity contribution in [1.29, 1.82) is 0 Å². The zero-order valence-electron chi connectivity index (χ0n) is 11.4.